The molecule has 5 rings (SSSR count). The Labute approximate surface area is 197 Å². The minimum Gasteiger partial charge on any atom is -0.475 e. The molecule has 1 fully saturated rings. The third kappa shape index (κ3) is 4.80. The topological polar surface area (TPSA) is 108 Å². The molecule has 0 unspecified atom stereocenters. The molecule has 0 radical (unpaired) electrons. The van der Waals surface area contributed by atoms with Gasteiger partial charge >= 0.3 is 0 Å². The molecule has 34 heavy (non-hydrogen) atoms. The molecular formula is C25H28N6O3. The van der Waals surface area contributed by atoms with Crippen molar-refractivity contribution in [3.05, 3.63) is 60.2 Å². The molecule has 0 amide bonds. The molecule has 9 heteroatoms. The number of nitrogens with one attached hydrogen (secondary N) is 2. The average molecular weight is 461 g/mol. The number of ether oxygens (including phenoxy) is 2. The van der Waals surface area contributed by atoms with Crippen LogP contribution >= 0.6 is 0 Å². The highest BCUT2D eigenvalue weighted by Crippen LogP contribution is 2.33. The lowest BCUT2D eigenvalue weighted by molar-refractivity contribution is 0.0298. The first-order chi connectivity index (χ1) is 16.6. The van der Waals surface area contributed by atoms with E-state index in [1.807, 2.05) is 49.1 Å². The van der Waals surface area contributed by atoms with Crippen LogP contribution in [0.5, 0.6) is 17.4 Å². The zero-order chi connectivity index (χ0) is 23.5. The molecule has 9 nitrogen and oxygen atoms in total. The van der Waals surface area contributed by atoms with Crippen LogP contribution in [0.25, 0.3) is 10.9 Å². The highest BCUT2D eigenvalue weighted by Gasteiger charge is 2.22. The first-order valence-electron chi connectivity index (χ1n) is 11.4. The Morgan fingerprint density at radius 3 is 2.85 bits per heavy atom. The van der Waals surface area contributed by atoms with Crippen molar-refractivity contribution in [3.63, 3.8) is 0 Å². The number of aliphatic hydroxyl groups is 1. The molecule has 1 aromatic carbocycles. The van der Waals surface area contributed by atoms with E-state index in [2.05, 4.69) is 25.5 Å². The van der Waals surface area contributed by atoms with Crippen LogP contribution in [0.15, 0.2) is 48.9 Å². The van der Waals surface area contributed by atoms with Gasteiger partial charge in [-0.25, -0.2) is 0 Å². The fraction of sp³-hybridized carbons (Fsp3) is 0.320. The summed E-state index contributed by atoms with van der Waals surface area (Å²) >= 11 is 0. The summed E-state index contributed by atoms with van der Waals surface area (Å²) in [6.07, 6.45) is 6.65. The van der Waals surface area contributed by atoms with E-state index in [0.717, 1.165) is 58.7 Å². The van der Waals surface area contributed by atoms with E-state index in [1.54, 1.807) is 18.6 Å². The van der Waals surface area contributed by atoms with Gasteiger partial charge in [-0.2, -0.15) is 0 Å². The third-order valence-corrected chi connectivity index (χ3v) is 5.95. The molecule has 1 aliphatic rings. The number of hydrogen-bond donors (Lipinski definition) is 3. The predicted octanol–water partition coefficient (Wildman–Crippen LogP) is 4.30. The van der Waals surface area contributed by atoms with Crippen LogP contribution in [-0.2, 0) is 0 Å². The first-order valence-corrected chi connectivity index (χ1v) is 11.4. The summed E-state index contributed by atoms with van der Waals surface area (Å²) in [4.78, 5) is 10.6. The van der Waals surface area contributed by atoms with Crippen LogP contribution in [-0.4, -0.2) is 56.1 Å². The molecule has 0 aliphatic carbocycles. The number of aromatic nitrogens is 4. The van der Waals surface area contributed by atoms with E-state index >= 15 is 0 Å². The molecule has 1 saturated heterocycles. The maximum atomic E-state index is 9.98. The molecule has 1 aliphatic heterocycles. The number of likely N-dealkylation sites (tertiary alicyclic amines) is 1. The van der Waals surface area contributed by atoms with Gasteiger partial charge in [0.25, 0.3) is 0 Å². The van der Waals surface area contributed by atoms with Crippen molar-refractivity contribution in [1.29, 1.82) is 0 Å². The Kier molecular flexibility index (Phi) is 6.29. The monoisotopic (exact) mass is 460 g/mol. The van der Waals surface area contributed by atoms with Gasteiger partial charge in [0.15, 0.2) is 0 Å². The van der Waals surface area contributed by atoms with Gasteiger partial charge < -0.3 is 19.9 Å². The summed E-state index contributed by atoms with van der Waals surface area (Å²) in [6.45, 7) is 5.93. The van der Waals surface area contributed by atoms with E-state index in [4.69, 9.17) is 9.47 Å². The Balaban J connectivity index is 1.30. The Hall–Kier alpha value is -3.69. The van der Waals surface area contributed by atoms with Crippen molar-refractivity contribution in [1.82, 2.24) is 25.1 Å². The van der Waals surface area contributed by atoms with Gasteiger partial charge in [-0.3, -0.25) is 20.0 Å². The molecule has 3 N–H and O–H groups in total. The van der Waals surface area contributed by atoms with Gasteiger partial charge in [0.1, 0.15) is 24.3 Å². The number of aliphatic hydroxyl groups excluding tert-OH is 1. The molecule has 1 atom stereocenters. The quantitative estimate of drug-likeness (QED) is 0.357. The van der Waals surface area contributed by atoms with Gasteiger partial charge in [0, 0.05) is 24.5 Å². The lowest BCUT2D eigenvalue weighted by Gasteiger charge is -2.19. The van der Waals surface area contributed by atoms with E-state index < -0.39 is 0 Å². The maximum absolute atomic E-state index is 9.98. The number of aromatic amines is 1. The van der Waals surface area contributed by atoms with E-state index in [-0.39, 0.29) is 6.23 Å². The maximum Gasteiger partial charge on any atom is 0.242 e. The molecule has 0 saturated carbocycles. The van der Waals surface area contributed by atoms with Gasteiger partial charge in [-0.15, -0.1) is 5.10 Å². The van der Waals surface area contributed by atoms with E-state index in [1.165, 1.54) is 0 Å². The normalized spacial score (nSPS) is 16.1. The van der Waals surface area contributed by atoms with Crippen molar-refractivity contribution >= 4 is 22.3 Å². The standard InChI is InChI=1S/C25H28N6O3/c1-16-12-18(6-8-22(16)34-19-7-5-17(2)27-13-19)28-20-14-26-15-21-24(20)25(30-29-21)33-11-10-31-9-3-4-23(31)32/h5-8,12-15,23,28,32H,3-4,9-11H2,1-2H3,(H,29,30)/t23-/m1/s1. The summed E-state index contributed by atoms with van der Waals surface area (Å²) in [6, 6.07) is 9.74. The van der Waals surface area contributed by atoms with Crippen LogP contribution in [0.4, 0.5) is 11.4 Å². The second-order valence-electron chi connectivity index (χ2n) is 8.49. The van der Waals surface area contributed by atoms with Crippen LogP contribution in [0.2, 0.25) is 0 Å². The van der Waals surface area contributed by atoms with Crippen molar-refractivity contribution in [2.75, 3.05) is 25.0 Å². The number of rotatable bonds is 8. The van der Waals surface area contributed by atoms with Crippen LogP contribution in [0.1, 0.15) is 24.1 Å². The number of aryl methyl sites for hydroxylation is 2. The van der Waals surface area contributed by atoms with Gasteiger partial charge in [0.05, 0.1) is 35.2 Å². The Bertz CT molecular complexity index is 1270. The minimum atomic E-state index is -0.376. The zero-order valence-electron chi connectivity index (χ0n) is 19.3. The molecular weight excluding hydrogens is 432 g/mol. The van der Waals surface area contributed by atoms with Gasteiger partial charge in [0.2, 0.25) is 5.88 Å². The molecule has 176 valence electrons. The lowest BCUT2D eigenvalue weighted by atomic mass is 10.2. The van der Waals surface area contributed by atoms with Crippen LogP contribution in [0.3, 0.4) is 0 Å². The molecule has 3 aromatic heterocycles. The Morgan fingerprint density at radius 2 is 2.09 bits per heavy atom. The summed E-state index contributed by atoms with van der Waals surface area (Å²) in [7, 11) is 0. The lowest BCUT2D eigenvalue weighted by Crippen LogP contribution is -2.32. The molecule has 4 heterocycles. The summed E-state index contributed by atoms with van der Waals surface area (Å²) < 4.78 is 12.0. The number of pyridine rings is 2. The minimum absolute atomic E-state index is 0.376. The summed E-state index contributed by atoms with van der Waals surface area (Å²) in [5.74, 6) is 1.98. The number of anilines is 2. The Morgan fingerprint density at radius 1 is 1.18 bits per heavy atom. The molecule has 4 aromatic rings. The first kappa shape index (κ1) is 22.1. The fourth-order valence-corrected chi connectivity index (χ4v) is 4.11. The van der Waals surface area contributed by atoms with Crippen LogP contribution in [0, 0.1) is 13.8 Å². The largest absolute Gasteiger partial charge is 0.475 e. The predicted molar refractivity (Wildman–Crippen MR) is 130 cm³/mol. The second kappa shape index (κ2) is 9.66. The highest BCUT2D eigenvalue weighted by molar-refractivity contribution is 5.96. The van der Waals surface area contributed by atoms with E-state index in [0.29, 0.717) is 24.8 Å². The number of hydrogen-bond acceptors (Lipinski definition) is 8. The fourth-order valence-electron chi connectivity index (χ4n) is 4.11. The summed E-state index contributed by atoms with van der Waals surface area (Å²) in [5.41, 5.74) is 4.40. The third-order valence-electron chi connectivity index (χ3n) is 5.95. The second-order valence-corrected chi connectivity index (χ2v) is 8.49. The summed E-state index contributed by atoms with van der Waals surface area (Å²) in [5, 5.41) is 21.6. The number of fused-ring (bicyclic) bond motifs is 1. The number of benzene rings is 1. The molecule has 0 bridgehead atoms. The zero-order valence-corrected chi connectivity index (χ0v) is 19.3. The SMILES string of the molecule is Cc1ccc(Oc2ccc(Nc3cncc4[nH]nc(OCCN5CCC[C@H]5O)c34)cc2C)cn1. The smallest absolute Gasteiger partial charge is 0.242 e. The van der Waals surface area contributed by atoms with E-state index in [9.17, 15) is 5.11 Å². The van der Waals surface area contributed by atoms with Crippen LogP contribution < -0.4 is 14.8 Å². The van der Waals surface area contributed by atoms with Gasteiger partial charge in [-0.1, -0.05) is 0 Å². The number of nitrogens with zero attached hydrogens (tertiary/aromatic N) is 4. The number of H-pyrrole nitrogens is 1. The highest BCUT2D eigenvalue weighted by atomic mass is 16.5. The van der Waals surface area contributed by atoms with Crippen molar-refractivity contribution in [2.45, 2.75) is 32.9 Å². The average Bonchev–Trinajstić information content (AvgIpc) is 3.44. The van der Waals surface area contributed by atoms with Crippen molar-refractivity contribution in [3.8, 4) is 17.4 Å². The van der Waals surface area contributed by atoms with Crippen molar-refractivity contribution < 1.29 is 14.6 Å². The van der Waals surface area contributed by atoms with Gasteiger partial charge in [-0.05, 0) is 62.6 Å². The molecule has 0 spiro atoms. The van der Waals surface area contributed by atoms with Crippen molar-refractivity contribution in [2.24, 2.45) is 0 Å².